The molecule has 3 aromatic rings. The quantitative estimate of drug-likeness (QED) is 0.779. The molecule has 0 aliphatic carbocycles. The fraction of sp³-hybridized carbons (Fsp3) is 0.0625. The first-order chi connectivity index (χ1) is 10.5. The van der Waals surface area contributed by atoms with Crippen LogP contribution in [0.5, 0.6) is 0 Å². The van der Waals surface area contributed by atoms with Crippen molar-refractivity contribution in [2.75, 3.05) is 5.73 Å². The first kappa shape index (κ1) is 14.2. The molecule has 2 N–H and O–H groups in total. The normalized spacial score (nSPS) is 11.6. The molecule has 0 fully saturated rings. The smallest absolute Gasteiger partial charge is 0.383 e. The second-order valence-corrected chi connectivity index (χ2v) is 4.65. The van der Waals surface area contributed by atoms with Gasteiger partial charge in [0.05, 0.1) is 11.3 Å². The molecule has 0 saturated carbocycles. The number of anilines is 1. The molecule has 1 aromatic heterocycles. The van der Waals surface area contributed by atoms with Crippen molar-refractivity contribution in [1.29, 1.82) is 0 Å². The number of nitrogens with two attached hydrogens (primary N) is 1. The molecule has 0 amide bonds. The summed E-state index contributed by atoms with van der Waals surface area (Å²) >= 11 is 0. The van der Waals surface area contributed by atoms with Crippen molar-refractivity contribution < 1.29 is 13.2 Å². The fourth-order valence-electron chi connectivity index (χ4n) is 2.23. The highest BCUT2D eigenvalue weighted by Crippen LogP contribution is 2.40. The summed E-state index contributed by atoms with van der Waals surface area (Å²) in [4.78, 5) is 0. The van der Waals surface area contributed by atoms with Gasteiger partial charge in [-0.15, -0.1) is 0 Å². The Kier molecular flexibility index (Phi) is 3.36. The lowest BCUT2D eigenvalue weighted by atomic mass is 10.1. The molecule has 0 unspecified atom stereocenters. The summed E-state index contributed by atoms with van der Waals surface area (Å²) in [6.07, 6.45) is -4.59. The molecule has 1 radical (unpaired) electrons. The molecular weight excluding hydrogens is 291 g/mol. The van der Waals surface area contributed by atoms with E-state index in [-0.39, 0.29) is 11.4 Å². The van der Waals surface area contributed by atoms with Crippen LogP contribution < -0.4 is 5.73 Å². The molecule has 0 atom stereocenters. The molecule has 0 saturated heterocycles. The van der Waals surface area contributed by atoms with E-state index in [9.17, 15) is 13.2 Å². The average Bonchev–Trinajstić information content (AvgIpc) is 2.87. The third-order valence-corrected chi connectivity index (χ3v) is 3.19. The Morgan fingerprint density at radius 1 is 1.05 bits per heavy atom. The Morgan fingerprint density at radius 2 is 1.77 bits per heavy atom. The predicted molar refractivity (Wildman–Crippen MR) is 77.3 cm³/mol. The highest BCUT2D eigenvalue weighted by molar-refractivity contribution is 5.78. The number of hydrogen-bond acceptors (Lipinski definition) is 2. The van der Waals surface area contributed by atoms with Crippen LogP contribution in [0, 0.1) is 6.07 Å². The first-order valence-corrected chi connectivity index (χ1v) is 6.46. The lowest BCUT2D eigenvalue weighted by molar-refractivity contribution is -0.140. The van der Waals surface area contributed by atoms with Gasteiger partial charge in [0.1, 0.15) is 5.82 Å². The number of benzene rings is 2. The van der Waals surface area contributed by atoms with Crippen molar-refractivity contribution in [3.05, 3.63) is 66.4 Å². The zero-order chi connectivity index (χ0) is 15.7. The van der Waals surface area contributed by atoms with Gasteiger partial charge in [-0.25, -0.2) is 4.68 Å². The molecule has 0 aliphatic heterocycles. The van der Waals surface area contributed by atoms with Crippen LogP contribution in [-0.2, 0) is 6.18 Å². The molecular formula is C16H11F3N3. The minimum atomic E-state index is -4.59. The van der Waals surface area contributed by atoms with Gasteiger partial charge < -0.3 is 5.73 Å². The maximum absolute atomic E-state index is 13.3. The molecule has 1 heterocycles. The van der Waals surface area contributed by atoms with Gasteiger partial charge in [-0.2, -0.15) is 18.3 Å². The second kappa shape index (κ2) is 5.22. The monoisotopic (exact) mass is 302 g/mol. The van der Waals surface area contributed by atoms with Crippen LogP contribution in [0.1, 0.15) is 5.69 Å². The van der Waals surface area contributed by atoms with E-state index in [1.807, 2.05) is 0 Å². The van der Waals surface area contributed by atoms with E-state index in [1.165, 1.54) is 6.07 Å². The van der Waals surface area contributed by atoms with Gasteiger partial charge in [0, 0.05) is 0 Å². The number of nitrogens with zero attached hydrogens (tertiary/aromatic N) is 2. The standard InChI is InChI=1S/C16H11F3N3/c17-16(18,19)14-13(11-7-3-1-4-8-11)15(20)22(21-14)12-9-5-2-6-10-12/h1-5,7-10H,20H2. The average molecular weight is 302 g/mol. The molecule has 0 aliphatic rings. The number of rotatable bonds is 2. The lowest BCUT2D eigenvalue weighted by Gasteiger charge is -2.06. The van der Waals surface area contributed by atoms with E-state index in [0.29, 0.717) is 11.3 Å². The van der Waals surface area contributed by atoms with Crippen LogP contribution in [0.2, 0.25) is 0 Å². The summed E-state index contributed by atoms with van der Waals surface area (Å²) in [5.74, 6) is -0.0573. The molecule has 3 nitrogen and oxygen atoms in total. The Balaban J connectivity index is 2.27. The highest BCUT2D eigenvalue weighted by atomic mass is 19.4. The summed E-state index contributed by atoms with van der Waals surface area (Å²) in [6.45, 7) is 0. The van der Waals surface area contributed by atoms with Crippen LogP contribution in [0.3, 0.4) is 0 Å². The summed E-state index contributed by atoms with van der Waals surface area (Å²) in [6, 6.07) is 17.4. The molecule has 3 rings (SSSR count). The molecule has 22 heavy (non-hydrogen) atoms. The Hall–Kier alpha value is -2.76. The van der Waals surface area contributed by atoms with E-state index in [2.05, 4.69) is 11.2 Å². The van der Waals surface area contributed by atoms with Crippen molar-refractivity contribution in [2.45, 2.75) is 6.18 Å². The summed E-state index contributed by atoms with van der Waals surface area (Å²) in [5.41, 5.74) is 5.63. The minimum Gasteiger partial charge on any atom is -0.383 e. The van der Waals surface area contributed by atoms with Gasteiger partial charge in [-0.3, -0.25) is 0 Å². The van der Waals surface area contributed by atoms with Gasteiger partial charge in [0.25, 0.3) is 0 Å². The van der Waals surface area contributed by atoms with Gasteiger partial charge in [0.15, 0.2) is 5.69 Å². The topological polar surface area (TPSA) is 43.8 Å². The van der Waals surface area contributed by atoms with Gasteiger partial charge >= 0.3 is 6.18 Å². The second-order valence-electron chi connectivity index (χ2n) is 4.65. The molecule has 0 spiro atoms. The Bertz CT molecular complexity index is 778. The largest absolute Gasteiger partial charge is 0.435 e. The van der Waals surface area contributed by atoms with E-state index in [4.69, 9.17) is 5.73 Å². The van der Waals surface area contributed by atoms with Crippen LogP contribution in [0.4, 0.5) is 19.0 Å². The van der Waals surface area contributed by atoms with Crippen LogP contribution in [0.15, 0.2) is 54.6 Å². The number of halogens is 3. The van der Waals surface area contributed by atoms with Crippen LogP contribution >= 0.6 is 0 Å². The van der Waals surface area contributed by atoms with Crippen molar-refractivity contribution in [1.82, 2.24) is 9.78 Å². The minimum absolute atomic E-state index is 0.0573. The van der Waals surface area contributed by atoms with Gasteiger partial charge in [-0.1, -0.05) is 42.5 Å². The van der Waals surface area contributed by atoms with Gasteiger partial charge in [-0.05, 0) is 23.8 Å². The molecule has 2 aromatic carbocycles. The third kappa shape index (κ3) is 2.43. The van der Waals surface area contributed by atoms with Crippen molar-refractivity contribution in [3.63, 3.8) is 0 Å². The van der Waals surface area contributed by atoms with Crippen molar-refractivity contribution >= 4 is 5.82 Å². The maximum atomic E-state index is 13.3. The van der Waals surface area contributed by atoms with Crippen molar-refractivity contribution in [2.24, 2.45) is 0 Å². The number of alkyl halides is 3. The lowest BCUT2D eigenvalue weighted by Crippen LogP contribution is -2.08. The van der Waals surface area contributed by atoms with Crippen LogP contribution in [0.25, 0.3) is 16.8 Å². The maximum Gasteiger partial charge on any atom is 0.435 e. The third-order valence-electron chi connectivity index (χ3n) is 3.19. The van der Waals surface area contributed by atoms with E-state index in [0.717, 1.165) is 4.68 Å². The molecule has 6 heteroatoms. The SMILES string of the molecule is Nc1c(-c2ccccc2)c(C(F)(F)F)nn1-c1c[c]ccc1. The Labute approximate surface area is 124 Å². The summed E-state index contributed by atoms with van der Waals surface area (Å²) in [7, 11) is 0. The molecule has 0 bridgehead atoms. The zero-order valence-electron chi connectivity index (χ0n) is 11.3. The molecule has 111 valence electrons. The summed E-state index contributed by atoms with van der Waals surface area (Å²) in [5, 5.41) is 3.67. The van der Waals surface area contributed by atoms with Gasteiger partial charge in [0.2, 0.25) is 0 Å². The van der Waals surface area contributed by atoms with E-state index >= 15 is 0 Å². The predicted octanol–water partition coefficient (Wildman–Crippen LogP) is 3.94. The first-order valence-electron chi connectivity index (χ1n) is 6.46. The van der Waals surface area contributed by atoms with Crippen LogP contribution in [-0.4, -0.2) is 9.78 Å². The highest BCUT2D eigenvalue weighted by Gasteiger charge is 2.39. The fourth-order valence-corrected chi connectivity index (χ4v) is 2.23. The number of hydrogen-bond donors (Lipinski definition) is 1. The van der Waals surface area contributed by atoms with E-state index < -0.39 is 11.9 Å². The van der Waals surface area contributed by atoms with Crippen molar-refractivity contribution in [3.8, 4) is 16.8 Å². The zero-order valence-corrected chi connectivity index (χ0v) is 11.3. The Morgan fingerprint density at radius 3 is 2.36 bits per heavy atom. The number of aromatic nitrogens is 2. The van der Waals surface area contributed by atoms with E-state index in [1.54, 1.807) is 48.5 Å². The summed E-state index contributed by atoms with van der Waals surface area (Å²) < 4.78 is 41.0. The number of nitrogen functional groups attached to an aromatic ring is 1.